The number of nitrogens with zero attached hydrogens (tertiary/aromatic N) is 2. The molecule has 1 aromatic carbocycles. The average molecular weight is 281 g/mol. The highest BCUT2D eigenvalue weighted by Crippen LogP contribution is 2.21. The molecule has 0 radical (unpaired) electrons. The minimum absolute atomic E-state index is 0.624. The molecule has 21 heavy (non-hydrogen) atoms. The van der Waals surface area contributed by atoms with Crippen molar-refractivity contribution in [2.24, 2.45) is 5.92 Å². The molecule has 3 heteroatoms. The van der Waals surface area contributed by atoms with Gasteiger partial charge in [0.2, 0.25) is 0 Å². The SMILES string of the molecule is CCCCC(CC)CNc1nc2ccccc2cc1C#N. The first-order chi connectivity index (χ1) is 10.3. The lowest BCUT2D eigenvalue weighted by Crippen LogP contribution is -2.15. The molecule has 2 rings (SSSR count). The van der Waals surface area contributed by atoms with Crippen LogP contribution < -0.4 is 5.32 Å². The van der Waals surface area contributed by atoms with Crippen LogP contribution in [0.1, 0.15) is 45.1 Å². The van der Waals surface area contributed by atoms with Crippen LogP contribution in [0, 0.1) is 17.2 Å². The maximum Gasteiger partial charge on any atom is 0.144 e. The summed E-state index contributed by atoms with van der Waals surface area (Å²) in [5.74, 6) is 1.36. The van der Waals surface area contributed by atoms with E-state index in [1.165, 1.54) is 19.3 Å². The van der Waals surface area contributed by atoms with Crippen LogP contribution in [0.2, 0.25) is 0 Å². The van der Waals surface area contributed by atoms with E-state index >= 15 is 0 Å². The first-order valence-corrected chi connectivity index (χ1v) is 7.82. The smallest absolute Gasteiger partial charge is 0.144 e. The molecule has 0 aliphatic heterocycles. The summed E-state index contributed by atoms with van der Waals surface area (Å²) in [4.78, 5) is 4.60. The molecule has 1 aromatic heterocycles. The number of benzene rings is 1. The van der Waals surface area contributed by atoms with Gasteiger partial charge >= 0.3 is 0 Å². The van der Waals surface area contributed by atoms with Crippen molar-refractivity contribution in [2.45, 2.75) is 39.5 Å². The highest BCUT2D eigenvalue weighted by atomic mass is 15.0. The minimum Gasteiger partial charge on any atom is -0.369 e. The zero-order valence-corrected chi connectivity index (χ0v) is 12.9. The molecule has 0 aliphatic rings. The third-order valence-electron chi connectivity index (χ3n) is 3.95. The van der Waals surface area contributed by atoms with E-state index in [-0.39, 0.29) is 0 Å². The van der Waals surface area contributed by atoms with Gasteiger partial charge in [-0.25, -0.2) is 4.98 Å². The van der Waals surface area contributed by atoms with Crippen molar-refractivity contribution in [2.75, 3.05) is 11.9 Å². The summed E-state index contributed by atoms with van der Waals surface area (Å²) >= 11 is 0. The van der Waals surface area contributed by atoms with Gasteiger partial charge in [-0.05, 0) is 24.5 Å². The van der Waals surface area contributed by atoms with E-state index in [0.717, 1.165) is 23.9 Å². The van der Waals surface area contributed by atoms with Gasteiger partial charge in [-0.2, -0.15) is 5.26 Å². The molecular formula is C18H23N3. The normalized spacial score (nSPS) is 12.0. The summed E-state index contributed by atoms with van der Waals surface area (Å²) in [5.41, 5.74) is 1.56. The van der Waals surface area contributed by atoms with Crippen LogP contribution in [0.3, 0.4) is 0 Å². The highest BCUT2D eigenvalue weighted by Gasteiger charge is 2.10. The van der Waals surface area contributed by atoms with Crippen molar-refractivity contribution in [1.82, 2.24) is 4.98 Å². The molecule has 0 saturated heterocycles. The van der Waals surface area contributed by atoms with Gasteiger partial charge < -0.3 is 5.32 Å². The molecule has 2 aromatic rings. The van der Waals surface area contributed by atoms with Crippen molar-refractivity contribution < 1.29 is 0 Å². The molecule has 0 spiro atoms. The minimum atomic E-state index is 0.624. The summed E-state index contributed by atoms with van der Waals surface area (Å²) in [6, 6.07) is 12.1. The van der Waals surface area contributed by atoms with E-state index in [0.29, 0.717) is 17.3 Å². The molecule has 0 fully saturated rings. The number of para-hydroxylation sites is 1. The average Bonchev–Trinajstić information content (AvgIpc) is 2.54. The molecule has 0 aliphatic carbocycles. The highest BCUT2D eigenvalue weighted by molar-refractivity contribution is 5.82. The number of anilines is 1. The fraction of sp³-hybridized carbons (Fsp3) is 0.444. The lowest BCUT2D eigenvalue weighted by Gasteiger charge is -2.16. The van der Waals surface area contributed by atoms with Gasteiger partial charge in [0.15, 0.2) is 0 Å². The van der Waals surface area contributed by atoms with Crippen molar-refractivity contribution in [3.63, 3.8) is 0 Å². The van der Waals surface area contributed by atoms with Gasteiger partial charge in [-0.1, -0.05) is 51.3 Å². The van der Waals surface area contributed by atoms with Gasteiger partial charge in [0.25, 0.3) is 0 Å². The van der Waals surface area contributed by atoms with E-state index in [9.17, 15) is 5.26 Å². The Bertz CT molecular complexity index is 628. The number of unbranched alkanes of at least 4 members (excludes halogenated alkanes) is 1. The Labute approximate surface area is 127 Å². The fourth-order valence-corrected chi connectivity index (χ4v) is 2.52. The third kappa shape index (κ3) is 3.95. The molecule has 1 atom stereocenters. The van der Waals surface area contributed by atoms with Crippen molar-refractivity contribution in [3.8, 4) is 6.07 Å². The standard InChI is InChI=1S/C18H23N3/c1-3-5-8-14(4-2)13-20-18-16(12-19)11-15-9-6-7-10-17(15)21-18/h6-7,9-11,14H,3-5,8,13H2,1-2H3,(H,20,21). The van der Waals surface area contributed by atoms with E-state index in [1.54, 1.807) is 0 Å². The van der Waals surface area contributed by atoms with Crippen LogP contribution in [0.5, 0.6) is 0 Å². The summed E-state index contributed by atoms with van der Waals surface area (Å²) in [6.45, 7) is 5.33. The second-order valence-corrected chi connectivity index (χ2v) is 5.49. The topological polar surface area (TPSA) is 48.7 Å². The number of aromatic nitrogens is 1. The van der Waals surface area contributed by atoms with E-state index < -0.39 is 0 Å². The summed E-state index contributed by atoms with van der Waals surface area (Å²) in [6.07, 6.45) is 4.88. The number of nitriles is 1. The second kappa shape index (κ2) is 7.64. The van der Waals surface area contributed by atoms with Crippen LogP contribution in [-0.4, -0.2) is 11.5 Å². The largest absolute Gasteiger partial charge is 0.369 e. The molecule has 1 N–H and O–H groups in total. The molecule has 1 heterocycles. The Kier molecular flexibility index (Phi) is 5.57. The van der Waals surface area contributed by atoms with Crippen molar-refractivity contribution in [3.05, 3.63) is 35.9 Å². The van der Waals surface area contributed by atoms with Gasteiger partial charge in [0.1, 0.15) is 11.9 Å². The number of nitrogens with one attached hydrogen (secondary N) is 1. The molecule has 0 saturated carbocycles. The predicted octanol–water partition coefficient (Wildman–Crippen LogP) is 4.73. The maximum absolute atomic E-state index is 9.31. The lowest BCUT2D eigenvalue weighted by molar-refractivity contribution is 0.472. The monoisotopic (exact) mass is 281 g/mol. The zero-order chi connectivity index (χ0) is 15.1. The summed E-state index contributed by atoms with van der Waals surface area (Å²) < 4.78 is 0. The van der Waals surface area contributed by atoms with E-state index in [1.807, 2.05) is 30.3 Å². The molecule has 0 amide bonds. The number of pyridine rings is 1. The number of rotatable bonds is 7. The Morgan fingerprint density at radius 3 is 2.81 bits per heavy atom. The molecule has 1 unspecified atom stereocenters. The molecule has 0 bridgehead atoms. The number of hydrogen-bond acceptors (Lipinski definition) is 3. The fourth-order valence-electron chi connectivity index (χ4n) is 2.52. The Morgan fingerprint density at radius 1 is 1.29 bits per heavy atom. The van der Waals surface area contributed by atoms with Crippen LogP contribution in [-0.2, 0) is 0 Å². The Hall–Kier alpha value is -2.08. The van der Waals surface area contributed by atoms with E-state index in [2.05, 4.69) is 30.2 Å². The van der Waals surface area contributed by atoms with Crippen LogP contribution in [0.4, 0.5) is 5.82 Å². The van der Waals surface area contributed by atoms with Crippen LogP contribution in [0.15, 0.2) is 30.3 Å². The van der Waals surface area contributed by atoms with Gasteiger partial charge in [0.05, 0.1) is 11.1 Å². The van der Waals surface area contributed by atoms with Crippen molar-refractivity contribution in [1.29, 1.82) is 5.26 Å². The van der Waals surface area contributed by atoms with E-state index in [4.69, 9.17) is 0 Å². The zero-order valence-electron chi connectivity index (χ0n) is 12.9. The third-order valence-corrected chi connectivity index (χ3v) is 3.95. The number of hydrogen-bond donors (Lipinski definition) is 1. The van der Waals surface area contributed by atoms with Crippen LogP contribution >= 0.6 is 0 Å². The Morgan fingerprint density at radius 2 is 2.10 bits per heavy atom. The number of fused-ring (bicyclic) bond motifs is 1. The second-order valence-electron chi connectivity index (χ2n) is 5.49. The Balaban J connectivity index is 2.15. The molecule has 110 valence electrons. The summed E-state index contributed by atoms with van der Waals surface area (Å²) in [7, 11) is 0. The predicted molar refractivity (Wildman–Crippen MR) is 88.3 cm³/mol. The van der Waals surface area contributed by atoms with Gasteiger partial charge in [0, 0.05) is 11.9 Å². The van der Waals surface area contributed by atoms with Gasteiger partial charge in [-0.3, -0.25) is 0 Å². The lowest BCUT2D eigenvalue weighted by atomic mass is 9.99. The quantitative estimate of drug-likeness (QED) is 0.797. The van der Waals surface area contributed by atoms with Gasteiger partial charge in [-0.15, -0.1) is 0 Å². The first kappa shape index (κ1) is 15.3. The molecule has 3 nitrogen and oxygen atoms in total. The van der Waals surface area contributed by atoms with Crippen LogP contribution in [0.25, 0.3) is 10.9 Å². The maximum atomic E-state index is 9.31. The first-order valence-electron chi connectivity index (χ1n) is 7.82. The molecular weight excluding hydrogens is 258 g/mol. The van der Waals surface area contributed by atoms with Crippen molar-refractivity contribution >= 4 is 16.7 Å². The summed E-state index contributed by atoms with van der Waals surface area (Å²) in [5, 5.41) is 13.7.